The molecule has 28 heavy (non-hydrogen) atoms. The fourth-order valence-corrected chi connectivity index (χ4v) is 3.54. The van der Waals surface area contributed by atoms with Crippen molar-refractivity contribution in [3.05, 3.63) is 62.0 Å². The van der Waals surface area contributed by atoms with Crippen molar-refractivity contribution in [3.8, 4) is 0 Å². The number of carbonyl (C=O) groups is 1. The van der Waals surface area contributed by atoms with E-state index in [0.29, 0.717) is 19.7 Å². The number of rotatable bonds is 5. The summed E-state index contributed by atoms with van der Waals surface area (Å²) in [7, 11) is 0. The molecule has 3 N–H and O–H groups in total. The monoisotopic (exact) mass is 388 g/mol. The van der Waals surface area contributed by atoms with E-state index in [9.17, 15) is 18.8 Å². The molecule has 2 heterocycles. The molecule has 1 atom stereocenters. The second kappa shape index (κ2) is 7.33. The number of anilines is 1. The number of benzene rings is 1. The van der Waals surface area contributed by atoms with Crippen molar-refractivity contribution in [3.63, 3.8) is 0 Å². The number of nitrogens with zero attached hydrogens (tertiary/aromatic N) is 2. The molecule has 0 spiro atoms. The van der Waals surface area contributed by atoms with Gasteiger partial charge in [-0.2, -0.15) is 0 Å². The van der Waals surface area contributed by atoms with Crippen molar-refractivity contribution in [2.45, 2.75) is 25.0 Å². The van der Waals surface area contributed by atoms with E-state index in [4.69, 9.17) is 10.5 Å². The number of nitrogens with one attached hydrogen (secondary N) is 1. The van der Waals surface area contributed by atoms with Crippen LogP contribution in [0.15, 0.2) is 33.9 Å². The fourth-order valence-electron chi connectivity index (χ4n) is 3.54. The van der Waals surface area contributed by atoms with E-state index >= 15 is 0 Å². The first-order valence-electron chi connectivity index (χ1n) is 9.21. The number of morpholine rings is 1. The molecule has 1 saturated carbocycles. The summed E-state index contributed by atoms with van der Waals surface area (Å²) in [5.74, 6) is -0.829. The number of ketones is 1. The van der Waals surface area contributed by atoms with Crippen molar-refractivity contribution in [2.75, 3.05) is 32.0 Å². The Bertz CT molecular complexity index is 1010. The summed E-state index contributed by atoms with van der Waals surface area (Å²) in [5.41, 5.74) is 5.32. The molecule has 1 aliphatic heterocycles. The van der Waals surface area contributed by atoms with Gasteiger partial charge >= 0.3 is 5.69 Å². The van der Waals surface area contributed by atoms with Crippen LogP contribution in [0.4, 0.5) is 10.2 Å². The quantitative estimate of drug-likeness (QED) is 0.735. The number of halogens is 1. The highest BCUT2D eigenvalue weighted by atomic mass is 19.1. The van der Waals surface area contributed by atoms with Gasteiger partial charge in [-0.25, -0.2) is 9.18 Å². The van der Waals surface area contributed by atoms with E-state index in [1.54, 1.807) is 12.1 Å². The molecule has 0 bridgehead atoms. The Morgan fingerprint density at radius 2 is 1.96 bits per heavy atom. The highest BCUT2D eigenvalue weighted by molar-refractivity contribution is 6.01. The standard InChI is InChI=1S/C19H21FN4O4/c20-12-3-1-11(2-4-12)15-10-23(7-8-28-15)9-14(25)16-17(21)24(13-5-6-13)19(27)22-18(16)26/h1-4,13,15H,5-10,21H2,(H,22,26,27). The lowest BCUT2D eigenvalue weighted by molar-refractivity contribution is -0.0275. The van der Waals surface area contributed by atoms with Gasteiger partial charge in [0.05, 0.1) is 19.3 Å². The van der Waals surface area contributed by atoms with Crippen molar-refractivity contribution in [1.29, 1.82) is 0 Å². The Morgan fingerprint density at radius 1 is 1.25 bits per heavy atom. The third-order valence-corrected chi connectivity index (χ3v) is 5.13. The highest BCUT2D eigenvalue weighted by Gasteiger charge is 2.31. The van der Waals surface area contributed by atoms with Gasteiger partial charge in [-0.1, -0.05) is 12.1 Å². The fraction of sp³-hybridized carbons (Fsp3) is 0.421. The van der Waals surface area contributed by atoms with E-state index in [1.165, 1.54) is 16.7 Å². The lowest BCUT2D eigenvalue weighted by atomic mass is 10.1. The average Bonchev–Trinajstić information content (AvgIpc) is 3.47. The van der Waals surface area contributed by atoms with Gasteiger partial charge in [0.2, 0.25) is 0 Å². The summed E-state index contributed by atoms with van der Waals surface area (Å²) >= 11 is 0. The van der Waals surface area contributed by atoms with Crippen molar-refractivity contribution >= 4 is 11.6 Å². The third-order valence-electron chi connectivity index (χ3n) is 5.13. The molecule has 2 fully saturated rings. The molecule has 8 nitrogen and oxygen atoms in total. The smallest absolute Gasteiger partial charge is 0.330 e. The largest absolute Gasteiger partial charge is 0.384 e. The highest BCUT2D eigenvalue weighted by Crippen LogP contribution is 2.35. The zero-order valence-corrected chi connectivity index (χ0v) is 15.2. The first kappa shape index (κ1) is 18.6. The minimum atomic E-state index is -0.757. The number of nitrogen functional groups attached to an aromatic ring is 1. The van der Waals surface area contributed by atoms with Crippen LogP contribution >= 0.6 is 0 Å². The number of aromatic nitrogens is 2. The summed E-state index contributed by atoms with van der Waals surface area (Å²) < 4.78 is 20.2. The lowest BCUT2D eigenvalue weighted by Gasteiger charge is -2.32. The van der Waals surface area contributed by atoms with Crippen LogP contribution in [0.3, 0.4) is 0 Å². The SMILES string of the molecule is Nc1c(C(=O)CN2CCOC(c3ccc(F)cc3)C2)c(=O)[nH]c(=O)n1C1CC1. The van der Waals surface area contributed by atoms with Crippen molar-refractivity contribution in [2.24, 2.45) is 0 Å². The summed E-state index contributed by atoms with van der Waals surface area (Å²) in [6.45, 7) is 1.33. The summed E-state index contributed by atoms with van der Waals surface area (Å²) in [5, 5.41) is 0. The van der Waals surface area contributed by atoms with Crippen LogP contribution in [0, 0.1) is 5.82 Å². The molecule has 1 aromatic heterocycles. The molecule has 2 aromatic rings. The topological polar surface area (TPSA) is 110 Å². The summed E-state index contributed by atoms with van der Waals surface area (Å²) in [6, 6.07) is 5.98. The van der Waals surface area contributed by atoms with Gasteiger partial charge in [0.1, 0.15) is 17.2 Å². The molecule has 148 valence electrons. The van der Waals surface area contributed by atoms with Gasteiger partial charge in [-0.3, -0.25) is 24.0 Å². The Kier molecular flexibility index (Phi) is 4.86. The number of hydrogen-bond acceptors (Lipinski definition) is 6. The van der Waals surface area contributed by atoms with Crippen LogP contribution in [0.25, 0.3) is 0 Å². The number of ether oxygens (including phenoxy) is 1. The maximum absolute atomic E-state index is 13.1. The van der Waals surface area contributed by atoms with E-state index in [1.807, 2.05) is 4.90 Å². The van der Waals surface area contributed by atoms with E-state index in [0.717, 1.165) is 18.4 Å². The first-order valence-corrected chi connectivity index (χ1v) is 9.21. The molecule has 0 amide bonds. The zero-order valence-electron chi connectivity index (χ0n) is 15.2. The molecule has 4 rings (SSSR count). The Hall–Kier alpha value is -2.78. The van der Waals surface area contributed by atoms with Crippen molar-refractivity contribution < 1.29 is 13.9 Å². The normalized spacial score (nSPS) is 20.2. The minimum Gasteiger partial charge on any atom is -0.384 e. The molecule has 9 heteroatoms. The number of nitrogens with two attached hydrogens (primary N) is 1. The molecule has 1 unspecified atom stereocenters. The van der Waals surface area contributed by atoms with Crippen LogP contribution in [-0.4, -0.2) is 46.5 Å². The van der Waals surface area contributed by atoms with Crippen molar-refractivity contribution in [1.82, 2.24) is 14.5 Å². The van der Waals surface area contributed by atoms with E-state index in [2.05, 4.69) is 4.98 Å². The molecule has 0 radical (unpaired) electrons. The summed E-state index contributed by atoms with van der Waals surface area (Å²) in [6.07, 6.45) is 1.30. The Balaban J connectivity index is 1.52. The predicted octanol–water partition coefficient (Wildman–Crippen LogP) is 0.849. The van der Waals surface area contributed by atoms with Gasteiger partial charge in [0.25, 0.3) is 5.56 Å². The number of H-pyrrole nitrogens is 1. The second-order valence-corrected chi connectivity index (χ2v) is 7.19. The maximum Gasteiger partial charge on any atom is 0.330 e. The third kappa shape index (κ3) is 3.63. The first-order chi connectivity index (χ1) is 13.4. The van der Waals surface area contributed by atoms with Crippen LogP contribution in [0.2, 0.25) is 0 Å². The molecule has 1 aliphatic carbocycles. The average molecular weight is 388 g/mol. The number of Topliss-reactive ketones (excluding diaryl/α,β-unsaturated/α-hetero) is 1. The van der Waals surface area contributed by atoms with E-state index in [-0.39, 0.29) is 35.9 Å². The van der Waals surface area contributed by atoms with Crippen LogP contribution in [0.5, 0.6) is 0 Å². The Labute approximate surface area is 159 Å². The molecule has 1 aromatic carbocycles. The van der Waals surface area contributed by atoms with E-state index < -0.39 is 17.0 Å². The molecule has 2 aliphatic rings. The molecule has 1 saturated heterocycles. The van der Waals surface area contributed by atoms with Gasteiger partial charge in [-0.15, -0.1) is 0 Å². The second-order valence-electron chi connectivity index (χ2n) is 7.19. The maximum atomic E-state index is 13.1. The van der Waals surface area contributed by atoms with Crippen LogP contribution in [0.1, 0.15) is 40.9 Å². The van der Waals surface area contributed by atoms with Gasteiger partial charge < -0.3 is 10.5 Å². The summed E-state index contributed by atoms with van der Waals surface area (Å²) in [4.78, 5) is 41.1. The van der Waals surface area contributed by atoms with Gasteiger partial charge in [0, 0.05) is 19.1 Å². The van der Waals surface area contributed by atoms with Gasteiger partial charge in [-0.05, 0) is 30.5 Å². The minimum absolute atomic E-state index is 0.0167. The van der Waals surface area contributed by atoms with Crippen LogP contribution < -0.4 is 17.0 Å². The number of hydrogen-bond donors (Lipinski definition) is 2. The van der Waals surface area contributed by atoms with Gasteiger partial charge in [0.15, 0.2) is 5.78 Å². The number of aromatic amines is 1. The zero-order chi connectivity index (χ0) is 19.8. The predicted molar refractivity (Wildman–Crippen MR) is 99.9 cm³/mol. The lowest BCUT2D eigenvalue weighted by Crippen LogP contribution is -2.43. The number of carbonyl (C=O) groups excluding carboxylic acids is 1. The Morgan fingerprint density at radius 3 is 2.64 bits per heavy atom. The molecular weight excluding hydrogens is 367 g/mol. The van der Waals surface area contributed by atoms with Crippen LogP contribution in [-0.2, 0) is 4.74 Å². The molecular formula is C19H21FN4O4.